The molecule has 8 aromatic carbocycles. The molecule has 0 fully saturated rings. The first kappa shape index (κ1) is 32.4. The van der Waals surface area contributed by atoms with Crippen molar-refractivity contribution in [3.8, 4) is 11.1 Å². The summed E-state index contributed by atoms with van der Waals surface area (Å²) in [6.07, 6.45) is 3.24. The van der Waals surface area contributed by atoms with Crippen molar-refractivity contribution in [2.45, 2.75) is 6.42 Å². The summed E-state index contributed by atoms with van der Waals surface area (Å²) in [6, 6.07) is 70.5. The van der Waals surface area contributed by atoms with Crippen molar-refractivity contribution in [1.29, 1.82) is 0 Å². The van der Waals surface area contributed by atoms with Crippen molar-refractivity contribution < 1.29 is 0 Å². The lowest BCUT2D eigenvalue weighted by atomic mass is 9.94. The molecule has 2 heterocycles. The Morgan fingerprint density at radius 1 is 0.426 bits per heavy atom. The number of fused-ring (bicyclic) bond motifs is 6. The summed E-state index contributed by atoms with van der Waals surface area (Å²) in [5.41, 5.74) is 11.0. The number of hydrogen-bond acceptors (Lipinski definition) is 3. The van der Waals surface area contributed by atoms with Crippen LogP contribution >= 0.6 is 22.7 Å². The van der Waals surface area contributed by atoms with E-state index in [0.29, 0.717) is 0 Å². The van der Waals surface area contributed by atoms with E-state index in [-0.39, 0.29) is 0 Å². The molecule has 0 bridgehead atoms. The molecule has 0 unspecified atom stereocenters. The first-order chi connectivity index (χ1) is 26.7. The first-order valence-corrected chi connectivity index (χ1v) is 20.0. The Kier molecular flexibility index (Phi) is 8.37. The van der Waals surface area contributed by atoms with Crippen LogP contribution in [0.25, 0.3) is 63.1 Å². The predicted molar refractivity (Wildman–Crippen MR) is 237 cm³/mol. The number of hydrogen-bond donors (Lipinski definition) is 0. The van der Waals surface area contributed by atoms with Gasteiger partial charge in [0.15, 0.2) is 0 Å². The Balaban J connectivity index is 1.10. The summed E-state index contributed by atoms with van der Waals surface area (Å²) in [5, 5.41) is 5.27. The summed E-state index contributed by atoms with van der Waals surface area (Å²) in [7, 11) is 0. The Labute approximate surface area is 323 Å². The second-order valence-corrected chi connectivity index (χ2v) is 15.9. The first-order valence-electron chi connectivity index (χ1n) is 18.4. The van der Waals surface area contributed by atoms with Crippen molar-refractivity contribution in [2.24, 2.45) is 0 Å². The van der Waals surface area contributed by atoms with Gasteiger partial charge < -0.3 is 4.90 Å². The second-order valence-electron chi connectivity index (χ2n) is 13.7. The lowest BCUT2D eigenvalue weighted by Crippen LogP contribution is -2.09. The average molecular weight is 726 g/mol. The topological polar surface area (TPSA) is 3.24 Å². The number of nitrogens with zero attached hydrogens (tertiary/aromatic N) is 1. The van der Waals surface area contributed by atoms with E-state index >= 15 is 0 Å². The van der Waals surface area contributed by atoms with E-state index in [4.69, 9.17) is 0 Å². The minimum absolute atomic E-state index is 0.832. The maximum absolute atomic E-state index is 2.41. The van der Waals surface area contributed by atoms with Gasteiger partial charge in [-0.05, 0) is 88.3 Å². The molecule has 0 atom stereocenters. The van der Waals surface area contributed by atoms with Crippen molar-refractivity contribution in [3.05, 3.63) is 211 Å². The molecule has 0 spiro atoms. The van der Waals surface area contributed by atoms with Crippen LogP contribution in [0.15, 0.2) is 194 Å². The van der Waals surface area contributed by atoms with Crippen LogP contribution in [0.2, 0.25) is 0 Å². The third-order valence-corrected chi connectivity index (χ3v) is 12.6. The van der Waals surface area contributed by atoms with Gasteiger partial charge in [0.1, 0.15) is 0 Å². The normalized spacial score (nSPS) is 11.9. The van der Waals surface area contributed by atoms with E-state index < -0.39 is 0 Å². The van der Waals surface area contributed by atoms with E-state index in [1.165, 1.54) is 73.7 Å². The van der Waals surface area contributed by atoms with Gasteiger partial charge >= 0.3 is 0 Å². The van der Waals surface area contributed by atoms with Gasteiger partial charge in [0.05, 0.1) is 0 Å². The van der Waals surface area contributed by atoms with Crippen LogP contribution in [0.1, 0.15) is 16.7 Å². The molecule has 0 saturated heterocycles. The van der Waals surface area contributed by atoms with Gasteiger partial charge in [-0.1, -0.05) is 152 Å². The monoisotopic (exact) mass is 725 g/mol. The maximum atomic E-state index is 2.41. The highest BCUT2D eigenvalue weighted by molar-refractivity contribution is 7.26. The van der Waals surface area contributed by atoms with Crippen LogP contribution in [0, 0.1) is 0 Å². The molecule has 2 aromatic heterocycles. The van der Waals surface area contributed by atoms with Crippen LogP contribution in [0.4, 0.5) is 17.1 Å². The minimum atomic E-state index is 0.832. The molecule has 10 rings (SSSR count). The molecule has 10 aromatic rings. The summed E-state index contributed by atoms with van der Waals surface area (Å²) >= 11 is 3.79. The van der Waals surface area contributed by atoms with Crippen LogP contribution in [-0.2, 0) is 6.42 Å². The molecule has 0 aliphatic rings. The van der Waals surface area contributed by atoms with Crippen molar-refractivity contribution in [1.82, 2.24) is 0 Å². The zero-order chi connectivity index (χ0) is 35.8. The van der Waals surface area contributed by atoms with Crippen LogP contribution in [-0.4, -0.2) is 0 Å². The van der Waals surface area contributed by atoms with Gasteiger partial charge in [-0.3, -0.25) is 0 Å². The van der Waals surface area contributed by atoms with Crippen LogP contribution in [0.3, 0.4) is 0 Å². The summed E-state index contributed by atoms with van der Waals surface area (Å²) in [6.45, 7) is 0. The van der Waals surface area contributed by atoms with Gasteiger partial charge in [0.2, 0.25) is 0 Å². The number of thiophene rings is 2. The third-order valence-electron chi connectivity index (χ3n) is 10.3. The number of benzene rings is 8. The Morgan fingerprint density at radius 2 is 1.02 bits per heavy atom. The largest absolute Gasteiger partial charge is 0.310 e. The highest BCUT2D eigenvalue weighted by Crippen LogP contribution is 2.43. The Morgan fingerprint density at radius 3 is 1.78 bits per heavy atom. The lowest BCUT2D eigenvalue weighted by Gasteiger charge is -2.25. The summed E-state index contributed by atoms with van der Waals surface area (Å²) < 4.78 is 5.29. The van der Waals surface area contributed by atoms with E-state index in [1.807, 2.05) is 22.7 Å². The van der Waals surface area contributed by atoms with Crippen LogP contribution < -0.4 is 4.90 Å². The van der Waals surface area contributed by atoms with Crippen molar-refractivity contribution >= 4 is 91.7 Å². The van der Waals surface area contributed by atoms with Gasteiger partial charge in [-0.25, -0.2) is 0 Å². The molecule has 0 radical (unpaired) electrons. The lowest BCUT2D eigenvalue weighted by molar-refractivity contribution is 1.29. The zero-order valence-corrected chi connectivity index (χ0v) is 31.2. The second kappa shape index (κ2) is 13.9. The molecule has 0 N–H and O–H groups in total. The molecule has 1 nitrogen and oxygen atoms in total. The maximum Gasteiger partial charge on any atom is 0.0476 e. The fraction of sp³-hybridized carbons (Fsp3) is 0.0196. The average Bonchev–Trinajstić information content (AvgIpc) is 3.80. The minimum Gasteiger partial charge on any atom is -0.310 e. The molecule has 256 valence electrons. The SMILES string of the molecule is C(=C(\Cc1ccc2c(c1)sc1ccccc12)c1cccc2c1sc1cc(N(c3ccccc3)c3ccccc3)ccc12)/c1ccc(-c2ccccc2)cc1. The molecule has 3 heteroatoms. The molecular formula is C51H35NS2. The van der Waals surface area contributed by atoms with Gasteiger partial charge in [-0.2, -0.15) is 0 Å². The molecule has 54 heavy (non-hydrogen) atoms. The number of allylic oxidation sites excluding steroid dienone is 1. The smallest absolute Gasteiger partial charge is 0.0476 e. The van der Waals surface area contributed by atoms with E-state index in [1.54, 1.807) is 0 Å². The number of para-hydroxylation sites is 2. The molecule has 0 aliphatic heterocycles. The highest BCUT2D eigenvalue weighted by Gasteiger charge is 2.17. The number of rotatable bonds is 8. The van der Waals surface area contributed by atoms with E-state index in [9.17, 15) is 0 Å². The number of anilines is 3. The van der Waals surface area contributed by atoms with Gasteiger partial charge in [-0.15, -0.1) is 22.7 Å². The molecule has 0 saturated carbocycles. The quantitative estimate of drug-likeness (QED) is 0.141. The third kappa shape index (κ3) is 6.08. The predicted octanol–water partition coefficient (Wildman–Crippen LogP) is 15.3. The Hall–Kier alpha value is -6.26. The molecule has 0 aliphatic carbocycles. The molecule has 0 amide bonds. The van der Waals surface area contributed by atoms with E-state index in [0.717, 1.165) is 23.5 Å². The van der Waals surface area contributed by atoms with Crippen molar-refractivity contribution in [3.63, 3.8) is 0 Å². The fourth-order valence-corrected chi connectivity index (χ4v) is 10.2. The van der Waals surface area contributed by atoms with Gasteiger partial charge in [0.25, 0.3) is 0 Å². The Bertz CT molecular complexity index is 2900. The fourth-order valence-electron chi connectivity index (χ4n) is 7.71. The van der Waals surface area contributed by atoms with E-state index in [2.05, 4.69) is 205 Å². The standard InChI is InChI=1S/C51H35NS2/c1-4-13-37(14-5-1)38-26-23-35(24-27-38)31-39(32-36-25-29-45-44-19-10-11-22-48(44)53-49(45)33-36)43-20-12-21-47-46-30-28-42(34-50(46)54-51(43)47)52(40-15-6-2-7-16-40)41-17-8-3-9-18-41/h1-31,33-34H,32H2/b39-31-. The summed E-state index contributed by atoms with van der Waals surface area (Å²) in [5.74, 6) is 0. The zero-order valence-electron chi connectivity index (χ0n) is 29.5. The molecular weight excluding hydrogens is 691 g/mol. The van der Waals surface area contributed by atoms with Crippen molar-refractivity contribution in [2.75, 3.05) is 4.90 Å². The summed E-state index contributed by atoms with van der Waals surface area (Å²) in [4.78, 5) is 2.35. The van der Waals surface area contributed by atoms with Gasteiger partial charge in [0, 0.05) is 57.4 Å². The highest BCUT2D eigenvalue weighted by atomic mass is 32.1. The van der Waals surface area contributed by atoms with Crippen LogP contribution in [0.5, 0.6) is 0 Å².